The summed E-state index contributed by atoms with van der Waals surface area (Å²) in [6, 6.07) is 2.03. The van der Waals surface area contributed by atoms with E-state index in [0.29, 0.717) is 12.3 Å². The maximum absolute atomic E-state index is 11.6. The van der Waals surface area contributed by atoms with E-state index < -0.39 is 0 Å². The molecule has 0 spiro atoms. The lowest BCUT2D eigenvalue weighted by Crippen LogP contribution is -2.37. The van der Waals surface area contributed by atoms with Gasteiger partial charge in [-0.1, -0.05) is 13.8 Å². The summed E-state index contributed by atoms with van der Waals surface area (Å²) in [7, 11) is 0. The normalized spacial score (nSPS) is 14.2. The number of aryl methyl sites for hydroxylation is 1. The first-order valence-corrected chi connectivity index (χ1v) is 8.51. The molecular weight excluding hydrogens is 308 g/mol. The van der Waals surface area contributed by atoms with Gasteiger partial charge in [-0.05, 0) is 25.5 Å². The Morgan fingerprint density at radius 3 is 2.71 bits per heavy atom. The summed E-state index contributed by atoms with van der Waals surface area (Å²) in [6.07, 6.45) is 1.97. The molecule has 0 radical (unpaired) electrons. The van der Waals surface area contributed by atoms with Crippen LogP contribution in [0.2, 0.25) is 0 Å². The van der Waals surface area contributed by atoms with E-state index in [1.807, 2.05) is 26.8 Å². The number of carbonyl (C=O) groups excluding carboxylic acids is 1. The van der Waals surface area contributed by atoms with Crippen molar-refractivity contribution in [1.82, 2.24) is 14.6 Å². The molecule has 1 saturated heterocycles. The van der Waals surface area contributed by atoms with E-state index in [1.54, 1.807) is 17.6 Å². The van der Waals surface area contributed by atoms with Gasteiger partial charge in [0.2, 0.25) is 0 Å². The number of rotatable bonds is 4. The van der Waals surface area contributed by atoms with Gasteiger partial charge in [0.05, 0.1) is 38.1 Å². The van der Waals surface area contributed by atoms with Gasteiger partial charge in [0, 0.05) is 13.1 Å². The number of ether oxygens (including phenoxy) is 2. The zero-order chi connectivity index (χ0) is 17.5. The Bertz CT molecular complexity index is 678. The molecule has 24 heavy (non-hydrogen) atoms. The van der Waals surface area contributed by atoms with Crippen molar-refractivity contribution in [3.8, 4) is 0 Å². The van der Waals surface area contributed by atoms with Crippen LogP contribution in [0.4, 0.5) is 5.82 Å². The molecule has 2 aromatic heterocycles. The molecule has 7 heteroatoms. The molecule has 0 unspecified atom stereocenters. The summed E-state index contributed by atoms with van der Waals surface area (Å²) in [5.74, 6) is 0.644. The molecule has 0 atom stereocenters. The monoisotopic (exact) mass is 334 g/mol. The van der Waals surface area contributed by atoms with Crippen molar-refractivity contribution in [2.75, 3.05) is 37.8 Å². The summed E-state index contributed by atoms with van der Waals surface area (Å²) >= 11 is 0. The van der Waals surface area contributed by atoms with Crippen LogP contribution in [0.1, 0.15) is 32.0 Å². The number of morpholine rings is 1. The van der Waals surface area contributed by atoms with Crippen LogP contribution in [0.5, 0.6) is 0 Å². The molecule has 0 amide bonds. The molecule has 1 aliphatic rings. The molecule has 1 aliphatic heterocycles. The highest BCUT2D eigenvalue weighted by atomic mass is 16.5. The highest BCUT2D eigenvalue weighted by Gasteiger charge is 2.16. The van der Waals surface area contributed by atoms with Gasteiger partial charge in [-0.25, -0.2) is 9.50 Å². The van der Waals surface area contributed by atoms with Crippen molar-refractivity contribution in [2.24, 2.45) is 0 Å². The molecular formula is C17H26N4O3. The Hall–Kier alpha value is -2.15. The van der Waals surface area contributed by atoms with Gasteiger partial charge >= 0.3 is 5.97 Å². The second kappa shape index (κ2) is 8.63. The Morgan fingerprint density at radius 1 is 1.33 bits per heavy atom. The predicted molar refractivity (Wildman–Crippen MR) is 92.4 cm³/mol. The fraction of sp³-hybridized carbons (Fsp3) is 0.588. The molecule has 0 aliphatic carbocycles. The summed E-state index contributed by atoms with van der Waals surface area (Å²) in [4.78, 5) is 18.2. The Kier molecular flexibility index (Phi) is 6.54. The van der Waals surface area contributed by atoms with Crippen LogP contribution in [0.3, 0.4) is 0 Å². The van der Waals surface area contributed by atoms with E-state index in [2.05, 4.69) is 15.0 Å². The largest absolute Gasteiger partial charge is 0.466 e. The zero-order valence-corrected chi connectivity index (χ0v) is 14.9. The Labute approximate surface area is 142 Å². The van der Waals surface area contributed by atoms with Crippen LogP contribution in [-0.2, 0) is 20.7 Å². The average molecular weight is 334 g/mol. The summed E-state index contributed by atoms with van der Waals surface area (Å²) in [6.45, 7) is 11.3. The standard InChI is InChI=1S/C15H20N4O3.C2H6/c1-3-22-14(20)9-12-10-19-15(16-12)11(2)8-13(17-19)18-4-6-21-7-5-18;1-2/h8,10H,3-7,9H2,1-2H3;1-2H3. The molecule has 0 saturated carbocycles. The number of nitrogens with zero attached hydrogens (tertiary/aromatic N) is 4. The van der Waals surface area contributed by atoms with Crippen molar-refractivity contribution in [3.05, 3.63) is 23.5 Å². The van der Waals surface area contributed by atoms with Gasteiger partial charge in [0.1, 0.15) is 5.82 Å². The number of hydrogen-bond acceptors (Lipinski definition) is 6. The smallest absolute Gasteiger partial charge is 0.311 e. The Balaban J connectivity index is 0.00000100. The van der Waals surface area contributed by atoms with E-state index in [4.69, 9.17) is 9.47 Å². The van der Waals surface area contributed by atoms with Gasteiger partial charge in [-0.15, -0.1) is 5.10 Å². The SMILES string of the molecule is CC.CCOC(=O)Cc1cn2nc(N3CCOCC3)cc(C)c2n1. The molecule has 3 rings (SSSR count). The van der Waals surface area contributed by atoms with E-state index in [-0.39, 0.29) is 12.4 Å². The van der Waals surface area contributed by atoms with Crippen LogP contribution in [-0.4, -0.2) is 53.5 Å². The van der Waals surface area contributed by atoms with Gasteiger partial charge in [-0.2, -0.15) is 0 Å². The minimum Gasteiger partial charge on any atom is -0.466 e. The number of anilines is 1. The highest BCUT2D eigenvalue weighted by Crippen LogP contribution is 2.18. The summed E-state index contributed by atoms with van der Waals surface area (Å²) in [5, 5.41) is 4.61. The molecule has 3 heterocycles. The predicted octanol–water partition coefficient (Wildman–Crippen LogP) is 2.01. The Morgan fingerprint density at radius 2 is 2.04 bits per heavy atom. The number of imidazole rings is 1. The molecule has 132 valence electrons. The number of esters is 1. The average Bonchev–Trinajstić information content (AvgIpc) is 3.00. The van der Waals surface area contributed by atoms with Crippen molar-refractivity contribution in [3.63, 3.8) is 0 Å². The third-order valence-corrected chi connectivity index (χ3v) is 3.61. The lowest BCUT2D eigenvalue weighted by molar-refractivity contribution is -0.142. The van der Waals surface area contributed by atoms with Gasteiger partial charge in [-0.3, -0.25) is 4.79 Å². The topological polar surface area (TPSA) is 69.0 Å². The molecule has 2 aromatic rings. The fourth-order valence-corrected chi connectivity index (χ4v) is 2.55. The third-order valence-electron chi connectivity index (χ3n) is 3.61. The number of carbonyl (C=O) groups is 1. The van der Waals surface area contributed by atoms with Crippen molar-refractivity contribution >= 4 is 17.4 Å². The zero-order valence-electron chi connectivity index (χ0n) is 14.9. The molecule has 7 nitrogen and oxygen atoms in total. The van der Waals surface area contributed by atoms with E-state index >= 15 is 0 Å². The highest BCUT2D eigenvalue weighted by molar-refractivity contribution is 5.72. The van der Waals surface area contributed by atoms with Crippen molar-refractivity contribution in [2.45, 2.75) is 34.1 Å². The van der Waals surface area contributed by atoms with Gasteiger partial charge in [0.25, 0.3) is 0 Å². The van der Waals surface area contributed by atoms with Gasteiger partial charge in [0.15, 0.2) is 5.65 Å². The van der Waals surface area contributed by atoms with Crippen LogP contribution in [0, 0.1) is 6.92 Å². The van der Waals surface area contributed by atoms with Crippen LogP contribution >= 0.6 is 0 Å². The first kappa shape index (κ1) is 18.2. The maximum atomic E-state index is 11.6. The van der Waals surface area contributed by atoms with Crippen LogP contribution < -0.4 is 4.90 Å². The second-order valence-corrected chi connectivity index (χ2v) is 5.27. The summed E-state index contributed by atoms with van der Waals surface area (Å²) < 4.78 is 12.1. The van der Waals surface area contributed by atoms with E-state index in [9.17, 15) is 4.79 Å². The lowest BCUT2D eigenvalue weighted by Gasteiger charge is -2.27. The minimum atomic E-state index is -0.267. The van der Waals surface area contributed by atoms with Crippen LogP contribution in [0.25, 0.3) is 5.65 Å². The minimum absolute atomic E-state index is 0.170. The van der Waals surface area contributed by atoms with Crippen LogP contribution in [0.15, 0.2) is 12.3 Å². The number of fused-ring (bicyclic) bond motifs is 1. The van der Waals surface area contributed by atoms with Crippen molar-refractivity contribution < 1.29 is 14.3 Å². The number of aromatic nitrogens is 3. The summed E-state index contributed by atoms with van der Waals surface area (Å²) in [5.41, 5.74) is 2.48. The molecule has 0 bridgehead atoms. The second-order valence-electron chi connectivity index (χ2n) is 5.27. The van der Waals surface area contributed by atoms with Gasteiger partial charge < -0.3 is 14.4 Å². The van der Waals surface area contributed by atoms with E-state index in [1.165, 1.54) is 0 Å². The lowest BCUT2D eigenvalue weighted by atomic mass is 10.3. The molecule has 1 fully saturated rings. The fourth-order valence-electron chi connectivity index (χ4n) is 2.55. The first-order chi connectivity index (χ1) is 11.7. The molecule has 0 aromatic carbocycles. The van der Waals surface area contributed by atoms with Crippen molar-refractivity contribution in [1.29, 1.82) is 0 Å². The van der Waals surface area contributed by atoms with E-state index in [0.717, 1.165) is 43.3 Å². The first-order valence-electron chi connectivity index (χ1n) is 8.51. The quantitative estimate of drug-likeness (QED) is 0.797. The molecule has 0 N–H and O–H groups in total. The third kappa shape index (κ3) is 4.23. The maximum Gasteiger partial charge on any atom is 0.311 e. The number of hydrogen-bond donors (Lipinski definition) is 0.